The maximum atomic E-state index is 13.1. The fourth-order valence-corrected chi connectivity index (χ4v) is 3.87. The van der Waals surface area contributed by atoms with Crippen molar-refractivity contribution in [1.29, 1.82) is 0 Å². The molecule has 0 fully saturated rings. The molecule has 5 heteroatoms. The van der Waals surface area contributed by atoms with Crippen LogP contribution in [-0.2, 0) is 22.6 Å². The Hall–Kier alpha value is -3.73. The Labute approximate surface area is 187 Å². The first-order valence-corrected chi connectivity index (χ1v) is 10.8. The summed E-state index contributed by atoms with van der Waals surface area (Å²) in [6.07, 6.45) is 3.16. The SMILES string of the molecule is Cc1ccc2nc(COC(=O)C(CCc3ccccc3C)c3ccccc3)cc(=O)n2c1. The monoisotopic (exact) mass is 426 g/mol. The molecule has 0 amide bonds. The maximum Gasteiger partial charge on any atom is 0.313 e. The van der Waals surface area contributed by atoms with Crippen LogP contribution in [-0.4, -0.2) is 15.4 Å². The second-order valence-electron chi connectivity index (χ2n) is 8.06. The summed E-state index contributed by atoms with van der Waals surface area (Å²) in [5, 5.41) is 0. The van der Waals surface area contributed by atoms with Gasteiger partial charge in [0.1, 0.15) is 12.3 Å². The van der Waals surface area contributed by atoms with E-state index >= 15 is 0 Å². The van der Waals surface area contributed by atoms with Gasteiger partial charge in [-0.2, -0.15) is 0 Å². The predicted molar refractivity (Wildman–Crippen MR) is 125 cm³/mol. The summed E-state index contributed by atoms with van der Waals surface area (Å²) in [5.74, 6) is -0.698. The van der Waals surface area contributed by atoms with Crippen LogP contribution in [0.3, 0.4) is 0 Å². The molecule has 1 unspecified atom stereocenters. The lowest BCUT2D eigenvalue weighted by Crippen LogP contribution is -2.19. The number of hydrogen-bond acceptors (Lipinski definition) is 4. The third-order valence-corrected chi connectivity index (χ3v) is 5.67. The number of benzene rings is 2. The molecule has 1 atom stereocenters. The molecule has 32 heavy (non-hydrogen) atoms. The van der Waals surface area contributed by atoms with Crippen LogP contribution in [0.15, 0.2) is 83.8 Å². The minimum atomic E-state index is -0.389. The van der Waals surface area contributed by atoms with E-state index in [0.29, 0.717) is 17.8 Å². The molecule has 0 bridgehead atoms. The highest BCUT2D eigenvalue weighted by molar-refractivity contribution is 5.78. The van der Waals surface area contributed by atoms with Gasteiger partial charge in [-0.3, -0.25) is 14.0 Å². The standard InChI is InChI=1S/C27H26N2O3/c1-19-12-15-25-28-23(16-26(30)29(25)17-19)18-32-27(31)24(22-10-4-3-5-11-22)14-13-21-9-7-6-8-20(21)2/h3-12,15-17,24H,13-14,18H2,1-2H3. The fraction of sp³-hybridized carbons (Fsp3) is 0.222. The van der Waals surface area contributed by atoms with Crippen LogP contribution in [0.4, 0.5) is 0 Å². The third kappa shape index (κ3) is 4.94. The van der Waals surface area contributed by atoms with E-state index in [1.165, 1.54) is 21.6 Å². The summed E-state index contributed by atoms with van der Waals surface area (Å²) < 4.78 is 7.14. The van der Waals surface area contributed by atoms with Crippen LogP contribution in [0.25, 0.3) is 5.65 Å². The molecule has 162 valence electrons. The molecule has 0 aliphatic heterocycles. The van der Waals surface area contributed by atoms with E-state index in [-0.39, 0.29) is 24.1 Å². The van der Waals surface area contributed by atoms with Crippen molar-refractivity contribution in [3.63, 3.8) is 0 Å². The van der Waals surface area contributed by atoms with Crippen LogP contribution in [0.2, 0.25) is 0 Å². The van der Waals surface area contributed by atoms with Gasteiger partial charge in [0.05, 0.1) is 11.6 Å². The topological polar surface area (TPSA) is 60.7 Å². The Kier molecular flexibility index (Phi) is 6.45. The smallest absolute Gasteiger partial charge is 0.313 e. The number of aryl methyl sites for hydroxylation is 3. The highest BCUT2D eigenvalue weighted by Gasteiger charge is 2.22. The second-order valence-corrected chi connectivity index (χ2v) is 8.06. The van der Waals surface area contributed by atoms with Gasteiger partial charge in [-0.15, -0.1) is 0 Å². The van der Waals surface area contributed by atoms with Crippen molar-refractivity contribution >= 4 is 11.6 Å². The van der Waals surface area contributed by atoms with Crippen molar-refractivity contribution in [2.24, 2.45) is 0 Å². The van der Waals surface area contributed by atoms with E-state index in [1.54, 1.807) is 12.3 Å². The van der Waals surface area contributed by atoms with E-state index < -0.39 is 0 Å². The quantitative estimate of drug-likeness (QED) is 0.399. The van der Waals surface area contributed by atoms with Gasteiger partial charge in [-0.25, -0.2) is 4.98 Å². The number of fused-ring (bicyclic) bond motifs is 1. The molecule has 5 nitrogen and oxygen atoms in total. The lowest BCUT2D eigenvalue weighted by Gasteiger charge is -2.17. The highest BCUT2D eigenvalue weighted by atomic mass is 16.5. The van der Waals surface area contributed by atoms with Gasteiger partial charge in [-0.05, 0) is 55.0 Å². The molecule has 0 spiro atoms. The molecule has 4 rings (SSSR count). The van der Waals surface area contributed by atoms with Crippen LogP contribution in [0, 0.1) is 13.8 Å². The normalized spacial score (nSPS) is 11.9. The Balaban J connectivity index is 1.51. The average molecular weight is 427 g/mol. The molecule has 2 heterocycles. The number of pyridine rings is 1. The molecular formula is C27H26N2O3. The van der Waals surface area contributed by atoms with Crippen molar-refractivity contribution in [1.82, 2.24) is 9.38 Å². The number of aromatic nitrogens is 2. The molecule has 0 saturated carbocycles. The minimum Gasteiger partial charge on any atom is -0.459 e. The van der Waals surface area contributed by atoms with Gasteiger partial charge in [0.2, 0.25) is 0 Å². The maximum absolute atomic E-state index is 13.1. The molecular weight excluding hydrogens is 400 g/mol. The molecule has 0 radical (unpaired) electrons. The lowest BCUT2D eigenvalue weighted by atomic mass is 9.91. The first kappa shape index (κ1) is 21.5. The number of esters is 1. The van der Waals surface area contributed by atoms with Gasteiger partial charge in [0.25, 0.3) is 5.56 Å². The third-order valence-electron chi connectivity index (χ3n) is 5.67. The summed E-state index contributed by atoms with van der Waals surface area (Å²) >= 11 is 0. The zero-order chi connectivity index (χ0) is 22.5. The van der Waals surface area contributed by atoms with Gasteiger partial charge >= 0.3 is 5.97 Å². The molecule has 2 aromatic carbocycles. The van der Waals surface area contributed by atoms with Crippen molar-refractivity contribution in [2.75, 3.05) is 0 Å². The van der Waals surface area contributed by atoms with Gasteiger partial charge in [0, 0.05) is 12.3 Å². The summed E-state index contributed by atoms with van der Waals surface area (Å²) in [6, 6.07) is 23.0. The Morgan fingerprint density at radius 1 is 1.00 bits per heavy atom. The van der Waals surface area contributed by atoms with Crippen molar-refractivity contribution < 1.29 is 9.53 Å². The van der Waals surface area contributed by atoms with Crippen LogP contribution in [0.1, 0.15) is 40.3 Å². The number of carbonyl (C=O) groups excluding carboxylic acids is 1. The van der Waals surface area contributed by atoms with E-state index in [9.17, 15) is 9.59 Å². The van der Waals surface area contributed by atoms with Gasteiger partial charge in [0.15, 0.2) is 0 Å². The number of ether oxygens (including phenoxy) is 1. The van der Waals surface area contributed by atoms with Crippen LogP contribution in [0.5, 0.6) is 0 Å². The highest BCUT2D eigenvalue weighted by Crippen LogP contribution is 2.25. The predicted octanol–water partition coefficient (Wildman–Crippen LogP) is 4.77. The second kappa shape index (κ2) is 9.60. The Morgan fingerprint density at radius 2 is 1.75 bits per heavy atom. The lowest BCUT2D eigenvalue weighted by molar-refractivity contribution is -0.147. The van der Waals surface area contributed by atoms with E-state index in [2.05, 4.69) is 24.0 Å². The largest absolute Gasteiger partial charge is 0.459 e. The van der Waals surface area contributed by atoms with Crippen LogP contribution < -0.4 is 5.56 Å². The summed E-state index contributed by atoms with van der Waals surface area (Å²) in [6.45, 7) is 3.96. The summed E-state index contributed by atoms with van der Waals surface area (Å²) in [5.41, 5.74) is 5.12. The summed E-state index contributed by atoms with van der Waals surface area (Å²) in [7, 11) is 0. The number of rotatable bonds is 7. The molecule has 0 saturated heterocycles. The zero-order valence-corrected chi connectivity index (χ0v) is 18.3. The Morgan fingerprint density at radius 3 is 2.53 bits per heavy atom. The van der Waals surface area contributed by atoms with Crippen molar-refractivity contribution in [2.45, 2.75) is 39.2 Å². The average Bonchev–Trinajstić information content (AvgIpc) is 2.80. The number of hydrogen-bond donors (Lipinski definition) is 0. The summed E-state index contributed by atoms with van der Waals surface area (Å²) in [4.78, 5) is 30.0. The van der Waals surface area contributed by atoms with Crippen molar-refractivity contribution in [3.8, 4) is 0 Å². The van der Waals surface area contributed by atoms with Crippen molar-refractivity contribution in [3.05, 3.63) is 117 Å². The molecule has 0 N–H and O–H groups in total. The minimum absolute atomic E-state index is 0.0356. The van der Waals surface area contributed by atoms with E-state index in [4.69, 9.17) is 4.74 Å². The number of carbonyl (C=O) groups is 1. The first-order valence-electron chi connectivity index (χ1n) is 10.8. The zero-order valence-electron chi connectivity index (χ0n) is 18.3. The van der Waals surface area contributed by atoms with E-state index in [1.807, 2.05) is 55.5 Å². The molecule has 0 aliphatic carbocycles. The fourth-order valence-electron chi connectivity index (χ4n) is 3.87. The molecule has 0 aliphatic rings. The molecule has 2 aromatic heterocycles. The van der Waals surface area contributed by atoms with Gasteiger partial charge in [-0.1, -0.05) is 60.7 Å². The van der Waals surface area contributed by atoms with Gasteiger partial charge < -0.3 is 4.74 Å². The Bertz CT molecular complexity index is 1300. The molecule has 4 aromatic rings. The first-order chi connectivity index (χ1) is 15.5. The van der Waals surface area contributed by atoms with Crippen LogP contribution >= 0.6 is 0 Å². The van der Waals surface area contributed by atoms with E-state index in [0.717, 1.165) is 17.5 Å². The number of nitrogens with zero attached hydrogens (tertiary/aromatic N) is 2.